The maximum atomic E-state index is 12.0. The molecule has 1 atom stereocenters. The summed E-state index contributed by atoms with van der Waals surface area (Å²) in [7, 11) is 0. The molecule has 0 spiro atoms. The molecule has 5 heteroatoms. The van der Waals surface area contributed by atoms with E-state index in [1.165, 1.54) is 0 Å². The fourth-order valence-corrected chi connectivity index (χ4v) is 2.35. The molecule has 20 heavy (non-hydrogen) atoms. The zero-order chi connectivity index (χ0) is 14.5. The van der Waals surface area contributed by atoms with Gasteiger partial charge < -0.3 is 15.5 Å². The van der Waals surface area contributed by atoms with Crippen LogP contribution in [0, 0.1) is 6.92 Å². The van der Waals surface area contributed by atoms with Crippen molar-refractivity contribution in [3.8, 4) is 0 Å². The van der Waals surface area contributed by atoms with Gasteiger partial charge in [-0.25, -0.2) is 0 Å². The molecule has 1 aromatic carbocycles. The Kier molecular flexibility index (Phi) is 4.74. The van der Waals surface area contributed by atoms with Crippen LogP contribution in [0.2, 0.25) is 0 Å². The van der Waals surface area contributed by atoms with Gasteiger partial charge in [0.15, 0.2) is 0 Å². The van der Waals surface area contributed by atoms with Gasteiger partial charge >= 0.3 is 0 Å². The summed E-state index contributed by atoms with van der Waals surface area (Å²) in [4.78, 5) is 25.9. The average Bonchev–Trinajstić information content (AvgIpc) is 2.45. The second-order valence-electron chi connectivity index (χ2n) is 5.19. The largest absolute Gasteiger partial charge is 0.343 e. The number of carbonyl (C=O) groups excluding carboxylic acids is 2. The van der Waals surface area contributed by atoms with Crippen LogP contribution < -0.4 is 10.6 Å². The minimum absolute atomic E-state index is 0.0275. The number of rotatable bonds is 3. The molecule has 1 saturated heterocycles. The maximum Gasteiger partial charge on any atom is 0.251 e. The third kappa shape index (κ3) is 3.57. The summed E-state index contributed by atoms with van der Waals surface area (Å²) in [5.74, 6) is -0.222. The standard InChI is InChI=1S/C15H21N3O2/c1-11-5-3-4-6-13(11)15(20)17-9-14(19)18-8-7-16-12(2)10-18/h3-6,12,16H,7-10H2,1-2H3,(H,17,20)/t12-/m1/s1. The van der Waals surface area contributed by atoms with Gasteiger partial charge in [0.2, 0.25) is 5.91 Å². The Morgan fingerprint density at radius 3 is 2.85 bits per heavy atom. The molecule has 0 aliphatic carbocycles. The Bertz CT molecular complexity index is 502. The van der Waals surface area contributed by atoms with Gasteiger partial charge in [-0.1, -0.05) is 18.2 Å². The molecule has 1 heterocycles. The highest BCUT2D eigenvalue weighted by Crippen LogP contribution is 2.06. The third-order valence-electron chi connectivity index (χ3n) is 3.51. The minimum Gasteiger partial charge on any atom is -0.343 e. The number of benzene rings is 1. The van der Waals surface area contributed by atoms with Gasteiger partial charge in [0.1, 0.15) is 0 Å². The third-order valence-corrected chi connectivity index (χ3v) is 3.51. The van der Waals surface area contributed by atoms with Crippen LogP contribution in [0.15, 0.2) is 24.3 Å². The van der Waals surface area contributed by atoms with Gasteiger partial charge in [-0.3, -0.25) is 9.59 Å². The van der Waals surface area contributed by atoms with Gasteiger partial charge in [-0.15, -0.1) is 0 Å². The molecule has 2 N–H and O–H groups in total. The molecule has 0 bridgehead atoms. The Hall–Kier alpha value is -1.88. The Morgan fingerprint density at radius 1 is 1.40 bits per heavy atom. The van der Waals surface area contributed by atoms with Gasteiger partial charge in [-0.05, 0) is 25.5 Å². The molecular weight excluding hydrogens is 254 g/mol. The smallest absolute Gasteiger partial charge is 0.251 e. The molecule has 2 rings (SSSR count). The molecule has 2 amide bonds. The molecule has 0 unspecified atom stereocenters. The number of nitrogens with one attached hydrogen (secondary N) is 2. The topological polar surface area (TPSA) is 61.4 Å². The van der Waals surface area contributed by atoms with Crippen molar-refractivity contribution in [3.63, 3.8) is 0 Å². The van der Waals surface area contributed by atoms with Gasteiger partial charge in [0.05, 0.1) is 6.54 Å². The lowest BCUT2D eigenvalue weighted by molar-refractivity contribution is -0.131. The summed E-state index contributed by atoms with van der Waals surface area (Å²) in [6.45, 7) is 6.18. The number of aryl methyl sites for hydroxylation is 1. The van der Waals surface area contributed by atoms with E-state index in [0.717, 1.165) is 12.1 Å². The molecule has 1 aliphatic rings. The summed E-state index contributed by atoms with van der Waals surface area (Å²) in [5.41, 5.74) is 1.53. The number of hydrogen-bond donors (Lipinski definition) is 2. The molecule has 1 aliphatic heterocycles. The fourth-order valence-electron chi connectivity index (χ4n) is 2.35. The van der Waals surface area contributed by atoms with Crippen molar-refractivity contribution in [1.82, 2.24) is 15.5 Å². The van der Waals surface area contributed by atoms with Crippen molar-refractivity contribution in [3.05, 3.63) is 35.4 Å². The fraction of sp³-hybridized carbons (Fsp3) is 0.467. The number of carbonyl (C=O) groups is 2. The molecule has 5 nitrogen and oxygen atoms in total. The van der Waals surface area contributed by atoms with E-state index in [1.54, 1.807) is 11.0 Å². The average molecular weight is 275 g/mol. The summed E-state index contributed by atoms with van der Waals surface area (Å²) in [6.07, 6.45) is 0. The summed E-state index contributed by atoms with van der Waals surface area (Å²) in [6, 6.07) is 7.66. The molecule has 0 radical (unpaired) electrons. The van der Waals surface area contributed by atoms with E-state index in [2.05, 4.69) is 10.6 Å². The SMILES string of the molecule is Cc1ccccc1C(=O)NCC(=O)N1CCN[C@H](C)C1. The monoisotopic (exact) mass is 275 g/mol. The molecular formula is C15H21N3O2. The van der Waals surface area contributed by atoms with E-state index in [4.69, 9.17) is 0 Å². The zero-order valence-electron chi connectivity index (χ0n) is 12.0. The number of piperazine rings is 1. The molecule has 1 fully saturated rings. The van der Waals surface area contributed by atoms with Crippen LogP contribution in [-0.2, 0) is 4.79 Å². The quantitative estimate of drug-likeness (QED) is 0.846. The van der Waals surface area contributed by atoms with Gasteiger partial charge in [-0.2, -0.15) is 0 Å². The van der Waals surface area contributed by atoms with Crippen molar-refractivity contribution in [2.45, 2.75) is 19.9 Å². The molecule has 1 aromatic rings. The molecule has 0 saturated carbocycles. The number of amides is 2. The second-order valence-corrected chi connectivity index (χ2v) is 5.19. The Balaban J connectivity index is 1.87. The lowest BCUT2D eigenvalue weighted by atomic mass is 10.1. The van der Waals surface area contributed by atoms with Crippen molar-refractivity contribution >= 4 is 11.8 Å². The van der Waals surface area contributed by atoms with Crippen LogP contribution in [0.3, 0.4) is 0 Å². The van der Waals surface area contributed by atoms with Crippen LogP contribution in [-0.4, -0.2) is 48.9 Å². The van der Waals surface area contributed by atoms with Crippen LogP contribution in [0.5, 0.6) is 0 Å². The first-order valence-corrected chi connectivity index (χ1v) is 6.93. The number of nitrogens with zero attached hydrogens (tertiary/aromatic N) is 1. The highest BCUT2D eigenvalue weighted by Gasteiger charge is 2.20. The Morgan fingerprint density at radius 2 is 2.15 bits per heavy atom. The first-order valence-electron chi connectivity index (χ1n) is 6.93. The van der Waals surface area contributed by atoms with Crippen LogP contribution >= 0.6 is 0 Å². The highest BCUT2D eigenvalue weighted by atomic mass is 16.2. The molecule has 0 aromatic heterocycles. The van der Waals surface area contributed by atoms with E-state index in [-0.39, 0.29) is 18.4 Å². The van der Waals surface area contributed by atoms with Gasteiger partial charge in [0.25, 0.3) is 5.91 Å². The van der Waals surface area contributed by atoms with Crippen LogP contribution in [0.25, 0.3) is 0 Å². The summed E-state index contributed by atoms with van der Waals surface area (Å²) in [5, 5.41) is 5.98. The number of hydrogen-bond acceptors (Lipinski definition) is 3. The van der Waals surface area contributed by atoms with E-state index in [0.29, 0.717) is 24.7 Å². The minimum atomic E-state index is -0.195. The zero-order valence-corrected chi connectivity index (χ0v) is 12.0. The van der Waals surface area contributed by atoms with E-state index >= 15 is 0 Å². The van der Waals surface area contributed by atoms with E-state index < -0.39 is 0 Å². The second kappa shape index (κ2) is 6.52. The van der Waals surface area contributed by atoms with Crippen molar-refractivity contribution in [2.24, 2.45) is 0 Å². The van der Waals surface area contributed by atoms with E-state index in [1.807, 2.05) is 32.0 Å². The summed E-state index contributed by atoms with van der Waals surface area (Å²) >= 11 is 0. The van der Waals surface area contributed by atoms with Crippen LogP contribution in [0.4, 0.5) is 0 Å². The lowest BCUT2D eigenvalue weighted by Crippen LogP contribution is -2.53. The highest BCUT2D eigenvalue weighted by molar-refractivity contribution is 5.97. The first-order chi connectivity index (χ1) is 9.58. The van der Waals surface area contributed by atoms with Crippen molar-refractivity contribution in [2.75, 3.05) is 26.2 Å². The lowest BCUT2D eigenvalue weighted by Gasteiger charge is -2.32. The molecule has 108 valence electrons. The summed E-state index contributed by atoms with van der Waals surface area (Å²) < 4.78 is 0. The Labute approximate surface area is 119 Å². The van der Waals surface area contributed by atoms with Crippen molar-refractivity contribution in [1.29, 1.82) is 0 Å². The van der Waals surface area contributed by atoms with Gasteiger partial charge in [0, 0.05) is 31.2 Å². The van der Waals surface area contributed by atoms with Crippen LogP contribution in [0.1, 0.15) is 22.8 Å². The predicted octanol–water partition coefficient (Wildman–Crippen LogP) is 0.545. The predicted molar refractivity (Wildman–Crippen MR) is 77.6 cm³/mol. The van der Waals surface area contributed by atoms with Crippen molar-refractivity contribution < 1.29 is 9.59 Å². The first kappa shape index (κ1) is 14.5. The normalized spacial score (nSPS) is 18.7. The maximum absolute atomic E-state index is 12.0. The van der Waals surface area contributed by atoms with E-state index in [9.17, 15) is 9.59 Å².